The van der Waals surface area contributed by atoms with Gasteiger partial charge in [0.1, 0.15) is 17.1 Å². The van der Waals surface area contributed by atoms with Crippen LogP contribution in [0.5, 0.6) is 0 Å². The first-order chi connectivity index (χ1) is 8.16. The number of ketones is 2. The first-order valence-electron chi connectivity index (χ1n) is 5.94. The lowest BCUT2D eigenvalue weighted by Gasteiger charge is -2.32. The Morgan fingerprint density at radius 3 is 2.22 bits per heavy atom. The summed E-state index contributed by atoms with van der Waals surface area (Å²) in [6.45, 7) is 8.44. The summed E-state index contributed by atoms with van der Waals surface area (Å²) in [7, 11) is 1.45. The summed E-state index contributed by atoms with van der Waals surface area (Å²) < 4.78 is 5.20. The van der Waals surface area contributed by atoms with Crippen molar-refractivity contribution in [2.75, 3.05) is 7.11 Å². The number of aliphatic hydroxyl groups excluding tert-OH is 1. The van der Waals surface area contributed by atoms with E-state index >= 15 is 0 Å². The van der Waals surface area contributed by atoms with Gasteiger partial charge in [0.25, 0.3) is 0 Å². The van der Waals surface area contributed by atoms with E-state index in [1.54, 1.807) is 34.6 Å². The molecule has 1 aliphatic carbocycles. The van der Waals surface area contributed by atoms with E-state index in [2.05, 4.69) is 0 Å². The number of hydrogen-bond donors (Lipinski definition) is 1. The molecule has 1 rings (SSSR count). The molecule has 0 aromatic heterocycles. The monoisotopic (exact) mass is 252 g/mol. The molecule has 1 aliphatic rings. The summed E-state index contributed by atoms with van der Waals surface area (Å²) in [5, 5.41) is 10.1. The van der Waals surface area contributed by atoms with E-state index in [9.17, 15) is 14.7 Å². The topological polar surface area (TPSA) is 63.6 Å². The Hall–Kier alpha value is -1.58. The van der Waals surface area contributed by atoms with E-state index in [4.69, 9.17) is 4.74 Å². The Bertz CT molecular complexity index is 464. The van der Waals surface area contributed by atoms with E-state index in [0.717, 1.165) is 0 Å². The Balaban J connectivity index is 3.52. The van der Waals surface area contributed by atoms with Gasteiger partial charge in [0.05, 0.1) is 12.5 Å². The highest BCUT2D eigenvalue weighted by molar-refractivity contribution is 6.24. The summed E-state index contributed by atoms with van der Waals surface area (Å²) >= 11 is 0. The third kappa shape index (κ3) is 1.96. The minimum Gasteiger partial charge on any atom is -0.507 e. The van der Waals surface area contributed by atoms with Gasteiger partial charge >= 0.3 is 0 Å². The predicted molar refractivity (Wildman–Crippen MR) is 68.0 cm³/mol. The summed E-state index contributed by atoms with van der Waals surface area (Å²) in [5.74, 6) is -0.903. The number of carbonyl (C=O) groups is 2. The highest BCUT2D eigenvalue weighted by Crippen LogP contribution is 2.40. The zero-order chi connectivity index (χ0) is 14.2. The molecule has 0 heterocycles. The molecule has 0 bridgehead atoms. The van der Waals surface area contributed by atoms with Crippen LogP contribution < -0.4 is 0 Å². The number of carbonyl (C=O) groups excluding carboxylic acids is 2. The molecule has 100 valence electrons. The van der Waals surface area contributed by atoms with E-state index in [1.807, 2.05) is 0 Å². The molecule has 0 radical (unpaired) electrons. The van der Waals surface area contributed by atoms with Gasteiger partial charge < -0.3 is 9.84 Å². The van der Waals surface area contributed by atoms with Crippen molar-refractivity contribution < 1.29 is 19.4 Å². The van der Waals surface area contributed by atoms with Gasteiger partial charge in [-0.15, -0.1) is 0 Å². The van der Waals surface area contributed by atoms with Crippen LogP contribution in [0.4, 0.5) is 0 Å². The molecule has 18 heavy (non-hydrogen) atoms. The number of hydrogen-bond acceptors (Lipinski definition) is 4. The number of allylic oxidation sites excluding steroid dienone is 3. The van der Waals surface area contributed by atoms with Gasteiger partial charge in [-0.05, 0) is 20.8 Å². The fourth-order valence-corrected chi connectivity index (χ4v) is 2.21. The van der Waals surface area contributed by atoms with Crippen molar-refractivity contribution >= 4 is 11.6 Å². The van der Waals surface area contributed by atoms with Crippen LogP contribution in [0.25, 0.3) is 0 Å². The maximum Gasteiger partial charge on any atom is 0.183 e. The van der Waals surface area contributed by atoms with Crippen LogP contribution in [-0.4, -0.2) is 23.8 Å². The fourth-order valence-electron chi connectivity index (χ4n) is 2.21. The standard InChI is InChI=1S/C14H20O4/c1-7(2)10(15)9-11(16)8(3)13(18-6)14(4,5)12(9)17/h7,16H,1-6H3. The average molecular weight is 252 g/mol. The van der Waals surface area contributed by atoms with Crippen molar-refractivity contribution in [2.45, 2.75) is 34.6 Å². The molecule has 0 amide bonds. The molecule has 1 N–H and O–H groups in total. The van der Waals surface area contributed by atoms with E-state index in [-0.39, 0.29) is 28.8 Å². The Kier molecular flexibility index (Phi) is 3.70. The minimum atomic E-state index is -0.926. The zero-order valence-electron chi connectivity index (χ0n) is 11.7. The van der Waals surface area contributed by atoms with Crippen LogP contribution in [0.15, 0.2) is 22.7 Å². The molecule has 0 saturated heterocycles. The minimum absolute atomic E-state index is 0.103. The summed E-state index contributed by atoms with van der Waals surface area (Å²) in [4.78, 5) is 24.4. The zero-order valence-corrected chi connectivity index (χ0v) is 11.7. The molecule has 0 spiro atoms. The molecule has 4 heteroatoms. The summed E-state index contributed by atoms with van der Waals surface area (Å²) in [6.07, 6.45) is 0. The van der Waals surface area contributed by atoms with Crippen LogP contribution in [-0.2, 0) is 14.3 Å². The van der Waals surface area contributed by atoms with Gasteiger partial charge in [0, 0.05) is 11.5 Å². The van der Waals surface area contributed by atoms with Gasteiger partial charge in [-0.25, -0.2) is 0 Å². The number of aliphatic hydroxyl groups is 1. The van der Waals surface area contributed by atoms with Crippen molar-refractivity contribution in [1.29, 1.82) is 0 Å². The van der Waals surface area contributed by atoms with Crippen molar-refractivity contribution in [3.8, 4) is 0 Å². The van der Waals surface area contributed by atoms with Crippen LogP contribution in [0, 0.1) is 11.3 Å². The predicted octanol–water partition coefficient (Wildman–Crippen LogP) is 2.55. The number of rotatable bonds is 3. The molecule has 0 atom stereocenters. The smallest absolute Gasteiger partial charge is 0.183 e. The largest absolute Gasteiger partial charge is 0.507 e. The third-order valence-electron chi connectivity index (χ3n) is 3.27. The normalized spacial score (nSPS) is 19.6. The Morgan fingerprint density at radius 1 is 1.33 bits per heavy atom. The van der Waals surface area contributed by atoms with Gasteiger partial charge in [-0.3, -0.25) is 9.59 Å². The molecule has 0 unspecified atom stereocenters. The Morgan fingerprint density at radius 2 is 1.83 bits per heavy atom. The van der Waals surface area contributed by atoms with E-state index < -0.39 is 5.41 Å². The first kappa shape index (κ1) is 14.5. The highest BCUT2D eigenvalue weighted by Gasteiger charge is 2.45. The van der Waals surface area contributed by atoms with Crippen LogP contribution >= 0.6 is 0 Å². The molecular weight excluding hydrogens is 232 g/mol. The fraction of sp³-hybridized carbons (Fsp3) is 0.571. The summed E-state index contributed by atoms with van der Waals surface area (Å²) in [5.41, 5.74) is -0.579. The van der Waals surface area contributed by atoms with Crippen molar-refractivity contribution in [2.24, 2.45) is 11.3 Å². The average Bonchev–Trinajstić information content (AvgIpc) is 2.27. The molecule has 0 saturated carbocycles. The SMILES string of the molecule is COC1=C(C)C(O)=C(C(=O)C(C)C)C(=O)C1(C)C. The second-order valence-corrected chi connectivity index (χ2v) is 5.35. The lowest BCUT2D eigenvalue weighted by molar-refractivity contribution is -0.128. The number of methoxy groups -OCH3 is 1. The molecule has 0 aromatic rings. The van der Waals surface area contributed by atoms with Crippen LogP contribution in [0.3, 0.4) is 0 Å². The number of Topliss-reactive ketones (excluding diaryl/α,β-unsaturated/α-hetero) is 2. The second-order valence-electron chi connectivity index (χ2n) is 5.35. The maximum atomic E-state index is 12.4. The van der Waals surface area contributed by atoms with Gasteiger partial charge in [-0.2, -0.15) is 0 Å². The summed E-state index contributed by atoms with van der Waals surface area (Å²) in [6, 6.07) is 0. The number of ether oxygens (including phenoxy) is 1. The lowest BCUT2D eigenvalue weighted by Crippen LogP contribution is -2.37. The highest BCUT2D eigenvalue weighted by atomic mass is 16.5. The Labute approximate surface area is 107 Å². The van der Waals surface area contributed by atoms with Gasteiger partial charge in [-0.1, -0.05) is 13.8 Å². The van der Waals surface area contributed by atoms with Crippen LogP contribution in [0.2, 0.25) is 0 Å². The third-order valence-corrected chi connectivity index (χ3v) is 3.27. The molecule has 0 aromatic carbocycles. The van der Waals surface area contributed by atoms with Crippen molar-refractivity contribution in [3.05, 3.63) is 22.7 Å². The molecule has 0 aliphatic heterocycles. The molecular formula is C14H20O4. The quantitative estimate of drug-likeness (QED) is 0.784. The van der Waals surface area contributed by atoms with Crippen molar-refractivity contribution in [3.63, 3.8) is 0 Å². The first-order valence-corrected chi connectivity index (χ1v) is 5.94. The van der Waals surface area contributed by atoms with Gasteiger partial charge in [0.15, 0.2) is 11.6 Å². The molecule has 4 nitrogen and oxygen atoms in total. The second kappa shape index (κ2) is 4.59. The maximum absolute atomic E-state index is 12.4. The van der Waals surface area contributed by atoms with E-state index in [1.165, 1.54) is 7.11 Å². The van der Waals surface area contributed by atoms with E-state index in [0.29, 0.717) is 11.3 Å². The van der Waals surface area contributed by atoms with Crippen molar-refractivity contribution in [1.82, 2.24) is 0 Å². The lowest BCUT2D eigenvalue weighted by atomic mass is 9.73. The van der Waals surface area contributed by atoms with Crippen LogP contribution in [0.1, 0.15) is 34.6 Å². The molecule has 0 fully saturated rings. The van der Waals surface area contributed by atoms with Gasteiger partial charge in [0.2, 0.25) is 0 Å².